The van der Waals surface area contributed by atoms with Crippen LogP contribution in [-0.4, -0.2) is 15.9 Å². The summed E-state index contributed by atoms with van der Waals surface area (Å²) in [7, 11) is 0. The molecule has 27 heavy (non-hydrogen) atoms. The molecule has 1 N–H and O–H groups in total. The van der Waals surface area contributed by atoms with Crippen LogP contribution in [-0.2, 0) is 11.2 Å². The van der Waals surface area contributed by atoms with E-state index in [2.05, 4.69) is 15.3 Å². The zero-order chi connectivity index (χ0) is 19.4. The van der Waals surface area contributed by atoms with Crippen LogP contribution in [0, 0.1) is 19.7 Å². The maximum absolute atomic E-state index is 13.7. The van der Waals surface area contributed by atoms with E-state index in [9.17, 15) is 9.18 Å². The van der Waals surface area contributed by atoms with Crippen molar-refractivity contribution >= 4 is 23.2 Å². The van der Waals surface area contributed by atoms with Crippen LogP contribution in [0.15, 0.2) is 48.5 Å². The smallest absolute Gasteiger partial charge is 0.322 e. The summed E-state index contributed by atoms with van der Waals surface area (Å²) in [5.74, 6) is -0.707. The molecular formula is C20H17ClFN3O2. The van der Waals surface area contributed by atoms with E-state index < -0.39 is 5.82 Å². The first kappa shape index (κ1) is 18.8. The van der Waals surface area contributed by atoms with E-state index in [0.717, 1.165) is 5.56 Å². The lowest BCUT2D eigenvalue weighted by Gasteiger charge is -2.13. The number of benzene rings is 2. The lowest BCUT2D eigenvalue weighted by atomic mass is 10.1. The third-order valence-electron chi connectivity index (χ3n) is 3.86. The van der Waals surface area contributed by atoms with E-state index in [4.69, 9.17) is 16.3 Å². The Hall–Kier alpha value is -2.99. The average Bonchev–Trinajstić information content (AvgIpc) is 2.62. The molecule has 0 fully saturated rings. The molecule has 7 heteroatoms. The van der Waals surface area contributed by atoms with Gasteiger partial charge in [0.15, 0.2) is 11.6 Å². The number of aromatic nitrogens is 2. The Morgan fingerprint density at radius 2 is 1.70 bits per heavy atom. The number of hydrogen-bond acceptors (Lipinski definition) is 4. The second-order valence-electron chi connectivity index (χ2n) is 5.90. The summed E-state index contributed by atoms with van der Waals surface area (Å²) in [5.41, 5.74) is 2.25. The Bertz CT molecular complexity index is 971. The number of hydrogen-bond donors (Lipinski definition) is 1. The average molecular weight is 386 g/mol. The molecule has 3 aromatic rings. The van der Waals surface area contributed by atoms with Crippen molar-refractivity contribution in [3.8, 4) is 11.8 Å². The van der Waals surface area contributed by atoms with Crippen LogP contribution in [0.5, 0.6) is 11.8 Å². The summed E-state index contributed by atoms with van der Waals surface area (Å²) in [6.45, 7) is 3.43. The molecule has 0 saturated carbocycles. The number of nitrogens with zero attached hydrogens (tertiary/aromatic N) is 2. The standard InChI is InChI=1S/C20H17ClFN3O2/c1-12-19(25-18(26)11-14-7-3-4-8-15(14)21)13(2)24-20(23-12)27-17-10-6-5-9-16(17)22/h3-10H,11H2,1-2H3,(H,25,26). The Morgan fingerprint density at radius 3 is 2.37 bits per heavy atom. The zero-order valence-electron chi connectivity index (χ0n) is 14.8. The largest absolute Gasteiger partial charge is 0.421 e. The quantitative estimate of drug-likeness (QED) is 0.681. The molecule has 0 saturated heterocycles. The van der Waals surface area contributed by atoms with Crippen LogP contribution in [0.2, 0.25) is 5.02 Å². The molecule has 1 aromatic heterocycles. The second kappa shape index (κ2) is 8.14. The number of nitrogens with one attached hydrogen (secondary N) is 1. The van der Waals surface area contributed by atoms with E-state index in [1.807, 2.05) is 6.07 Å². The molecule has 3 rings (SSSR count). The summed E-state index contributed by atoms with van der Waals surface area (Å²) in [4.78, 5) is 20.8. The fourth-order valence-electron chi connectivity index (χ4n) is 2.54. The van der Waals surface area contributed by atoms with Gasteiger partial charge in [0.2, 0.25) is 5.91 Å². The molecule has 0 spiro atoms. The van der Waals surface area contributed by atoms with E-state index in [-0.39, 0.29) is 24.1 Å². The summed E-state index contributed by atoms with van der Waals surface area (Å²) in [5, 5.41) is 3.34. The molecule has 0 aliphatic rings. The van der Waals surface area contributed by atoms with Gasteiger partial charge < -0.3 is 10.1 Å². The topological polar surface area (TPSA) is 64.1 Å². The van der Waals surface area contributed by atoms with E-state index in [0.29, 0.717) is 22.1 Å². The van der Waals surface area contributed by atoms with E-state index in [1.165, 1.54) is 12.1 Å². The van der Waals surface area contributed by atoms with Crippen molar-refractivity contribution < 1.29 is 13.9 Å². The highest BCUT2D eigenvalue weighted by Gasteiger charge is 2.15. The lowest BCUT2D eigenvalue weighted by Crippen LogP contribution is -2.17. The maximum Gasteiger partial charge on any atom is 0.322 e. The van der Waals surface area contributed by atoms with Gasteiger partial charge in [-0.1, -0.05) is 41.9 Å². The molecule has 0 aliphatic heterocycles. The van der Waals surface area contributed by atoms with Crippen molar-refractivity contribution in [2.75, 3.05) is 5.32 Å². The van der Waals surface area contributed by atoms with Crippen LogP contribution in [0.3, 0.4) is 0 Å². The van der Waals surface area contributed by atoms with Gasteiger partial charge in [-0.2, -0.15) is 9.97 Å². The minimum Gasteiger partial charge on any atom is -0.421 e. The molecule has 1 amide bonds. The van der Waals surface area contributed by atoms with Crippen LogP contribution < -0.4 is 10.1 Å². The SMILES string of the molecule is Cc1nc(Oc2ccccc2F)nc(C)c1NC(=O)Cc1ccccc1Cl. The molecule has 0 bridgehead atoms. The molecule has 0 unspecified atom stereocenters. The number of amides is 1. The predicted molar refractivity (Wildman–Crippen MR) is 102 cm³/mol. The van der Waals surface area contributed by atoms with Crippen molar-refractivity contribution in [1.82, 2.24) is 9.97 Å². The molecule has 1 heterocycles. The van der Waals surface area contributed by atoms with Crippen molar-refractivity contribution in [3.63, 3.8) is 0 Å². The Labute approximate surface area is 161 Å². The lowest BCUT2D eigenvalue weighted by molar-refractivity contribution is -0.115. The predicted octanol–water partition coefficient (Wildman–Crippen LogP) is 4.86. The van der Waals surface area contributed by atoms with E-state index in [1.54, 1.807) is 44.2 Å². The number of halogens is 2. The van der Waals surface area contributed by atoms with Crippen LogP contribution in [0.1, 0.15) is 17.0 Å². The Kier molecular flexibility index (Phi) is 5.66. The summed E-state index contributed by atoms with van der Waals surface area (Å²) < 4.78 is 19.1. The Balaban J connectivity index is 1.76. The van der Waals surface area contributed by atoms with Gasteiger partial charge in [0, 0.05) is 5.02 Å². The van der Waals surface area contributed by atoms with Gasteiger partial charge in [-0.05, 0) is 37.6 Å². The number of anilines is 1. The highest BCUT2D eigenvalue weighted by atomic mass is 35.5. The minimum atomic E-state index is -0.506. The highest BCUT2D eigenvalue weighted by molar-refractivity contribution is 6.31. The van der Waals surface area contributed by atoms with Crippen molar-refractivity contribution in [2.45, 2.75) is 20.3 Å². The van der Waals surface area contributed by atoms with Gasteiger partial charge in [-0.15, -0.1) is 0 Å². The van der Waals surface area contributed by atoms with Gasteiger partial charge in [0.25, 0.3) is 0 Å². The second-order valence-corrected chi connectivity index (χ2v) is 6.31. The van der Waals surface area contributed by atoms with Gasteiger partial charge in [0.1, 0.15) is 0 Å². The van der Waals surface area contributed by atoms with Gasteiger partial charge in [-0.3, -0.25) is 4.79 Å². The van der Waals surface area contributed by atoms with Crippen LogP contribution >= 0.6 is 11.6 Å². The van der Waals surface area contributed by atoms with Crippen molar-refractivity contribution in [2.24, 2.45) is 0 Å². The normalized spacial score (nSPS) is 10.5. The summed E-state index contributed by atoms with van der Waals surface area (Å²) >= 11 is 6.09. The van der Waals surface area contributed by atoms with Crippen molar-refractivity contribution in [3.05, 3.63) is 76.3 Å². The molecular weight excluding hydrogens is 369 g/mol. The number of carbonyl (C=O) groups excluding carboxylic acids is 1. The molecule has 138 valence electrons. The third kappa shape index (κ3) is 4.60. The number of rotatable bonds is 5. The molecule has 0 aliphatic carbocycles. The van der Waals surface area contributed by atoms with Crippen molar-refractivity contribution in [1.29, 1.82) is 0 Å². The van der Waals surface area contributed by atoms with Gasteiger partial charge in [0.05, 0.1) is 23.5 Å². The Morgan fingerprint density at radius 1 is 1.07 bits per heavy atom. The van der Waals surface area contributed by atoms with Gasteiger partial charge >= 0.3 is 6.01 Å². The summed E-state index contributed by atoms with van der Waals surface area (Å²) in [6, 6.07) is 13.2. The minimum absolute atomic E-state index is 0.0132. The molecule has 0 radical (unpaired) electrons. The van der Waals surface area contributed by atoms with Gasteiger partial charge in [-0.25, -0.2) is 4.39 Å². The molecule has 0 atom stereocenters. The third-order valence-corrected chi connectivity index (χ3v) is 4.23. The number of carbonyl (C=O) groups is 1. The fourth-order valence-corrected chi connectivity index (χ4v) is 2.74. The van der Waals surface area contributed by atoms with E-state index >= 15 is 0 Å². The zero-order valence-corrected chi connectivity index (χ0v) is 15.5. The number of ether oxygens (including phenoxy) is 1. The first-order chi connectivity index (χ1) is 12.9. The number of aryl methyl sites for hydroxylation is 2. The number of para-hydroxylation sites is 1. The highest BCUT2D eigenvalue weighted by Crippen LogP contribution is 2.25. The maximum atomic E-state index is 13.7. The fraction of sp³-hybridized carbons (Fsp3) is 0.150. The first-order valence-electron chi connectivity index (χ1n) is 8.25. The molecule has 5 nitrogen and oxygen atoms in total. The first-order valence-corrected chi connectivity index (χ1v) is 8.62. The molecule has 2 aromatic carbocycles. The summed E-state index contributed by atoms with van der Waals surface area (Å²) in [6.07, 6.45) is 0.131. The van der Waals surface area contributed by atoms with Crippen LogP contribution in [0.4, 0.5) is 10.1 Å². The van der Waals surface area contributed by atoms with Crippen LogP contribution in [0.25, 0.3) is 0 Å². The monoisotopic (exact) mass is 385 g/mol.